The molecule has 0 aromatic rings. The number of carbonyl (C=O) groups is 2. The van der Waals surface area contributed by atoms with Gasteiger partial charge in [-0.15, -0.1) is 6.58 Å². The van der Waals surface area contributed by atoms with Crippen LogP contribution in [0.1, 0.15) is 0 Å². The van der Waals surface area contributed by atoms with Gasteiger partial charge in [0.25, 0.3) is 5.91 Å². The molecule has 0 unspecified atom stereocenters. The van der Waals surface area contributed by atoms with Gasteiger partial charge in [0.15, 0.2) is 0 Å². The fourth-order valence-electron chi connectivity index (χ4n) is 0.663. The summed E-state index contributed by atoms with van der Waals surface area (Å²) in [5, 5.41) is 0.781. The van der Waals surface area contributed by atoms with Crippen LogP contribution < -0.4 is 5.43 Å². The van der Waals surface area contributed by atoms with Crippen molar-refractivity contribution in [1.82, 2.24) is 10.4 Å². The van der Waals surface area contributed by atoms with Gasteiger partial charge in [-0.25, -0.2) is 10.4 Å². The number of nitrogens with zero attached hydrogens (tertiary/aromatic N) is 1. The van der Waals surface area contributed by atoms with Gasteiger partial charge in [0.05, 0.1) is 5.75 Å². The molecule has 0 aromatic heterocycles. The molecule has 1 aliphatic rings. The van der Waals surface area contributed by atoms with E-state index < -0.39 is 0 Å². The summed E-state index contributed by atoms with van der Waals surface area (Å²) in [7, 11) is 0. The third-order valence-corrected chi connectivity index (χ3v) is 1.97. The highest BCUT2D eigenvalue weighted by Gasteiger charge is 2.29. The highest BCUT2D eigenvalue weighted by Crippen LogP contribution is 2.15. The zero-order chi connectivity index (χ0) is 8.27. The second-order valence-corrected chi connectivity index (χ2v) is 2.86. The molecular weight excluding hydrogens is 164 g/mol. The molecule has 0 saturated carbocycles. The fraction of sp³-hybridized carbons (Fsp3) is 0.333. The van der Waals surface area contributed by atoms with Crippen LogP contribution >= 0.6 is 11.8 Å². The molecule has 0 radical (unpaired) electrons. The topological polar surface area (TPSA) is 49.4 Å². The smallest absolute Gasteiger partial charge is 0.272 e. The Balaban J connectivity index is 2.47. The average Bonchev–Trinajstić information content (AvgIpc) is 2.29. The zero-order valence-corrected chi connectivity index (χ0v) is 6.69. The van der Waals surface area contributed by atoms with Crippen LogP contribution in [0.25, 0.3) is 0 Å². The number of imide groups is 1. The van der Waals surface area contributed by atoms with E-state index in [0.29, 0.717) is 6.54 Å². The molecule has 1 rings (SSSR count). The Morgan fingerprint density at radius 2 is 2.45 bits per heavy atom. The molecule has 1 saturated heterocycles. The summed E-state index contributed by atoms with van der Waals surface area (Å²) in [6.45, 7) is 3.88. The van der Waals surface area contributed by atoms with E-state index in [1.165, 1.54) is 0 Å². The van der Waals surface area contributed by atoms with Gasteiger partial charge in [-0.2, -0.15) is 0 Å². The van der Waals surface area contributed by atoms with Crippen LogP contribution in [0, 0.1) is 0 Å². The Morgan fingerprint density at radius 1 is 1.73 bits per heavy atom. The first-order chi connectivity index (χ1) is 5.25. The highest BCUT2D eigenvalue weighted by atomic mass is 32.2. The Labute approximate surface area is 68.6 Å². The maximum absolute atomic E-state index is 10.9. The molecule has 0 aliphatic carbocycles. The van der Waals surface area contributed by atoms with Gasteiger partial charge in [0.1, 0.15) is 0 Å². The number of hydrogen-bond acceptors (Lipinski definition) is 4. The van der Waals surface area contributed by atoms with Crippen LogP contribution in [0.5, 0.6) is 0 Å². The molecule has 4 nitrogen and oxygen atoms in total. The van der Waals surface area contributed by atoms with Crippen molar-refractivity contribution in [2.24, 2.45) is 0 Å². The fourth-order valence-corrected chi connectivity index (χ4v) is 1.33. The van der Waals surface area contributed by atoms with Crippen molar-refractivity contribution in [1.29, 1.82) is 0 Å². The third kappa shape index (κ3) is 1.81. The van der Waals surface area contributed by atoms with E-state index in [2.05, 4.69) is 12.0 Å². The van der Waals surface area contributed by atoms with Crippen molar-refractivity contribution in [3.63, 3.8) is 0 Å². The van der Waals surface area contributed by atoms with Gasteiger partial charge in [0.2, 0.25) is 0 Å². The Bertz CT molecular complexity index is 189. The van der Waals surface area contributed by atoms with Gasteiger partial charge in [-0.1, -0.05) is 17.8 Å². The Hall–Kier alpha value is -0.810. The summed E-state index contributed by atoms with van der Waals surface area (Å²) in [4.78, 5) is 21.7. The molecule has 11 heavy (non-hydrogen) atoms. The summed E-state index contributed by atoms with van der Waals surface area (Å²) < 4.78 is 0. The summed E-state index contributed by atoms with van der Waals surface area (Å²) in [6, 6.07) is 0. The molecule has 0 bridgehead atoms. The van der Waals surface area contributed by atoms with Crippen LogP contribution in [-0.4, -0.2) is 28.5 Å². The number of nitrogens with one attached hydrogen (secondary N) is 1. The monoisotopic (exact) mass is 172 g/mol. The molecule has 2 amide bonds. The lowest BCUT2D eigenvalue weighted by atomic mass is 10.6. The Morgan fingerprint density at radius 3 is 2.91 bits per heavy atom. The van der Waals surface area contributed by atoms with Crippen molar-refractivity contribution in [3.05, 3.63) is 12.7 Å². The number of rotatable bonds is 3. The van der Waals surface area contributed by atoms with Crippen molar-refractivity contribution >= 4 is 22.9 Å². The van der Waals surface area contributed by atoms with E-state index in [4.69, 9.17) is 0 Å². The average molecular weight is 172 g/mol. The number of thioether (sulfide) groups is 1. The van der Waals surface area contributed by atoms with E-state index in [-0.39, 0.29) is 16.9 Å². The minimum atomic E-state index is -0.239. The number of carbonyl (C=O) groups excluding carboxylic acids is 2. The number of hydrazine groups is 1. The minimum absolute atomic E-state index is 0.193. The minimum Gasteiger partial charge on any atom is -0.272 e. The van der Waals surface area contributed by atoms with E-state index in [1.807, 2.05) is 0 Å². The van der Waals surface area contributed by atoms with Gasteiger partial charge in [-0.3, -0.25) is 9.59 Å². The van der Waals surface area contributed by atoms with Crippen LogP contribution in [0.15, 0.2) is 12.7 Å². The predicted octanol–water partition coefficient (Wildman–Crippen LogP) is 0.372. The SMILES string of the molecule is C=CCNN1C(=O)CSC1=O. The highest BCUT2D eigenvalue weighted by molar-refractivity contribution is 8.14. The maximum atomic E-state index is 10.9. The van der Waals surface area contributed by atoms with Gasteiger partial charge < -0.3 is 0 Å². The lowest BCUT2D eigenvalue weighted by Gasteiger charge is -2.11. The lowest BCUT2D eigenvalue weighted by molar-refractivity contribution is -0.126. The number of hydrogen-bond donors (Lipinski definition) is 1. The summed E-state index contributed by atoms with van der Waals surface area (Å²) in [5.41, 5.74) is 2.63. The van der Waals surface area contributed by atoms with Gasteiger partial charge in [0, 0.05) is 6.54 Å². The molecular formula is C6H8N2O2S. The van der Waals surface area contributed by atoms with Gasteiger partial charge in [-0.05, 0) is 0 Å². The molecule has 1 aliphatic heterocycles. The molecule has 0 atom stereocenters. The molecule has 5 heteroatoms. The van der Waals surface area contributed by atoms with E-state index in [0.717, 1.165) is 16.8 Å². The van der Waals surface area contributed by atoms with Crippen LogP contribution in [0.3, 0.4) is 0 Å². The maximum Gasteiger partial charge on any atom is 0.303 e. The zero-order valence-electron chi connectivity index (χ0n) is 5.87. The van der Waals surface area contributed by atoms with Crippen molar-refractivity contribution in [3.8, 4) is 0 Å². The Kier molecular flexibility index (Phi) is 2.67. The van der Waals surface area contributed by atoms with E-state index in [1.54, 1.807) is 6.08 Å². The van der Waals surface area contributed by atoms with Crippen molar-refractivity contribution < 1.29 is 9.59 Å². The normalized spacial score (nSPS) is 17.6. The van der Waals surface area contributed by atoms with Crippen LogP contribution in [0.4, 0.5) is 4.79 Å². The predicted molar refractivity (Wildman–Crippen MR) is 42.9 cm³/mol. The largest absolute Gasteiger partial charge is 0.303 e. The van der Waals surface area contributed by atoms with Gasteiger partial charge >= 0.3 is 5.24 Å². The molecule has 1 fully saturated rings. The lowest BCUT2D eigenvalue weighted by Crippen LogP contribution is -2.41. The summed E-state index contributed by atoms with van der Waals surface area (Å²) in [5.74, 6) is 0.0463. The first-order valence-corrected chi connectivity index (χ1v) is 4.08. The number of amides is 2. The molecule has 0 aromatic carbocycles. The first kappa shape index (κ1) is 8.29. The standard InChI is InChI=1S/C6H8N2O2S/c1-2-3-7-8-5(9)4-11-6(8)10/h2,7H,1,3-4H2. The van der Waals surface area contributed by atoms with Crippen molar-refractivity contribution in [2.45, 2.75) is 0 Å². The van der Waals surface area contributed by atoms with Crippen LogP contribution in [0.2, 0.25) is 0 Å². The van der Waals surface area contributed by atoms with Crippen molar-refractivity contribution in [2.75, 3.05) is 12.3 Å². The van der Waals surface area contributed by atoms with E-state index in [9.17, 15) is 9.59 Å². The van der Waals surface area contributed by atoms with Crippen LogP contribution in [-0.2, 0) is 4.79 Å². The quantitative estimate of drug-likeness (QED) is 0.625. The third-order valence-electron chi connectivity index (χ3n) is 1.14. The summed E-state index contributed by atoms with van der Waals surface area (Å²) in [6.07, 6.45) is 1.59. The summed E-state index contributed by atoms with van der Waals surface area (Å²) >= 11 is 1.00. The molecule has 1 N–H and O–H groups in total. The molecule has 1 heterocycles. The molecule has 0 spiro atoms. The molecule has 60 valence electrons. The second-order valence-electron chi connectivity index (χ2n) is 1.93. The second kappa shape index (κ2) is 3.54. The van der Waals surface area contributed by atoms with E-state index >= 15 is 0 Å². The first-order valence-electron chi connectivity index (χ1n) is 3.10.